The summed E-state index contributed by atoms with van der Waals surface area (Å²) in [5.74, 6) is 1.68. The van der Waals surface area contributed by atoms with E-state index in [-0.39, 0.29) is 11.9 Å². The molecule has 1 amide bonds. The quantitative estimate of drug-likeness (QED) is 0.718. The van der Waals surface area contributed by atoms with E-state index in [1.165, 1.54) is 0 Å². The van der Waals surface area contributed by atoms with Crippen LogP contribution in [-0.2, 0) is 14.3 Å². The third-order valence-electron chi connectivity index (χ3n) is 3.46. The van der Waals surface area contributed by atoms with E-state index in [4.69, 9.17) is 9.47 Å². The lowest BCUT2D eigenvalue weighted by molar-refractivity contribution is -0.132. The molecule has 0 N–H and O–H groups in total. The highest BCUT2D eigenvalue weighted by molar-refractivity contribution is 8.00. The van der Waals surface area contributed by atoms with Gasteiger partial charge in [0.05, 0.1) is 32.2 Å². The zero-order chi connectivity index (χ0) is 13.5. The van der Waals surface area contributed by atoms with Crippen LogP contribution in [0.25, 0.3) is 0 Å². The van der Waals surface area contributed by atoms with Gasteiger partial charge in [-0.2, -0.15) is 11.8 Å². The van der Waals surface area contributed by atoms with Crippen LogP contribution < -0.4 is 0 Å². The first kappa shape index (κ1) is 15.1. The molecule has 2 heterocycles. The molecule has 2 aliphatic rings. The smallest absolute Gasteiger partial charge is 0.232 e. The number of carbonyl (C=O) groups is 1. The Morgan fingerprint density at radius 1 is 1.11 bits per heavy atom. The zero-order valence-corrected chi connectivity index (χ0v) is 12.2. The molecule has 1 unspecified atom stereocenters. The van der Waals surface area contributed by atoms with Crippen LogP contribution in [0.15, 0.2) is 0 Å². The molecule has 2 saturated heterocycles. The van der Waals surface area contributed by atoms with Crippen molar-refractivity contribution in [1.29, 1.82) is 0 Å². The van der Waals surface area contributed by atoms with Gasteiger partial charge in [-0.1, -0.05) is 0 Å². The van der Waals surface area contributed by atoms with Gasteiger partial charge in [0.15, 0.2) is 0 Å². The Bertz CT molecular complexity index is 279. The van der Waals surface area contributed by atoms with Gasteiger partial charge in [-0.05, 0) is 6.92 Å². The molecule has 0 aromatic heterocycles. The molecule has 0 aliphatic carbocycles. The normalized spacial score (nSPS) is 23.3. The summed E-state index contributed by atoms with van der Waals surface area (Å²) >= 11 is 1.68. The summed E-state index contributed by atoms with van der Waals surface area (Å²) in [6.45, 7) is 10.5. The Morgan fingerprint density at radius 3 is 2.32 bits per heavy atom. The first-order valence-electron chi connectivity index (χ1n) is 6.85. The largest absolute Gasteiger partial charge is 0.379 e. The fraction of sp³-hybridized carbons (Fsp3) is 0.846. The van der Waals surface area contributed by atoms with Crippen LogP contribution in [0, 0.1) is 6.92 Å². The number of thioether (sulfide) groups is 1. The minimum absolute atomic E-state index is 0.225. The van der Waals surface area contributed by atoms with Gasteiger partial charge in [0.2, 0.25) is 5.91 Å². The van der Waals surface area contributed by atoms with E-state index in [0.717, 1.165) is 45.1 Å². The van der Waals surface area contributed by atoms with Crippen LogP contribution in [0.4, 0.5) is 0 Å². The van der Waals surface area contributed by atoms with E-state index < -0.39 is 0 Å². The summed E-state index contributed by atoms with van der Waals surface area (Å²) in [5, 5.41) is 0. The number of amides is 1. The molecule has 0 spiro atoms. The number of carbonyl (C=O) groups excluding carboxylic acids is 1. The van der Waals surface area contributed by atoms with Crippen LogP contribution in [0.5, 0.6) is 0 Å². The number of nitrogens with zero attached hydrogens (tertiary/aromatic N) is 2. The average molecular weight is 287 g/mol. The molecule has 5 nitrogen and oxygen atoms in total. The molecule has 2 aliphatic heterocycles. The Kier molecular flexibility index (Phi) is 6.43. The van der Waals surface area contributed by atoms with Crippen molar-refractivity contribution in [1.82, 2.24) is 9.80 Å². The lowest BCUT2D eigenvalue weighted by Gasteiger charge is -2.32. The molecule has 0 bridgehead atoms. The Hall–Kier alpha value is -0.300. The van der Waals surface area contributed by atoms with E-state index in [1.54, 1.807) is 11.8 Å². The number of rotatable bonds is 5. The highest BCUT2D eigenvalue weighted by atomic mass is 32.2. The standard InChI is InChI=1S/C13H23N2O3S/c1-12(14-2-6-17-7-3-14)10-19-11-13(16)15-4-8-18-9-5-15/h12H,1-11H2. The van der Waals surface area contributed by atoms with Gasteiger partial charge in [-0.3, -0.25) is 9.69 Å². The monoisotopic (exact) mass is 287 g/mol. The van der Waals surface area contributed by atoms with Crippen molar-refractivity contribution in [3.05, 3.63) is 6.92 Å². The highest BCUT2D eigenvalue weighted by Crippen LogP contribution is 2.11. The van der Waals surface area contributed by atoms with Crippen LogP contribution in [0.1, 0.15) is 0 Å². The summed E-state index contributed by atoms with van der Waals surface area (Å²) in [6, 6.07) is 0.270. The minimum atomic E-state index is 0.225. The van der Waals surface area contributed by atoms with E-state index in [1.807, 2.05) is 4.90 Å². The minimum Gasteiger partial charge on any atom is -0.379 e. The molecule has 1 atom stereocenters. The molecule has 0 aromatic rings. The van der Waals surface area contributed by atoms with Crippen molar-refractivity contribution >= 4 is 17.7 Å². The summed E-state index contributed by atoms with van der Waals surface area (Å²) in [7, 11) is 0. The lowest BCUT2D eigenvalue weighted by Crippen LogP contribution is -2.44. The maximum absolute atomic E-state index is 12.0. The van der Waals surface area contributed by atoms with Crippen LogP contribution in [0.2, 0.25) is 0 Å². The van der Waals surface area contributed by atoms with Gasteiger partial charge in [-0.15, -0.1) is 0 Å². The van der Waals surface area contributed by atoms with Gasteiger partial charge in [0, 0.05) is 38.0 Å². The second-order valence-electron chi connectivity index (χ2n) is 4.81. The number of hydrogen-bond donors (Lipinski definition) is 0. The maximum atomic E-state index is 12.0. The summed E-state index contributed by atoms with van der Waals surface area (Å²) in [6.07, 6.45) is 0. The van der Waals surface area contributed by atoms with Crippen molar-refractivity contribution in [2.24, 2.45) is 0 Å². The van der Waals surface area contributed by atoms with Gasteiger partial charge in [-0.25, -0.2) is 0 Å². The molecule has 2 fully saturated rings. The van der Waals surface area contributed by atoms with Gasteiger partial charge < -0.3 is 14.4 Å². The zero-order valence-electron chi connectivity index (χ0n) is 11.4. The van der Waals surface area contributed by atoms with Crippen LogP contribution >= 0.6 is 11.8 Å². The summed E-state index contributed by atoms with van der Waals surface area (Å²) < 4.78 is 10.6. The molecule has 2 rings (SSSR count). The molecular weight excluding hydrogens is 264 g/mol. The first-order chi connectivity index (χ1) is 9.27. The van der Waals surface area contributed by atoms with Crippen molar-refractivity contribution in [3.8, 4) is 0 Å². The van der Waals surface area contributed by atoms with E-state index >= 15 is 0 Å². The fourth-order valence-electron chi connectivity index (χ4n) is 2.23. The van der Waals surface area contributed by atoms with Crippen LogP contribution in [0.3, 0.4) is 0 Å². The Morgan fingerprint density at radius 2 is 1.68 bits per heavy atom. The third kappa shape index (κ3) is 4.95. The summed E-state index contributed by atoms with van der Waals surface area (Å²) in [4.78, 5) is 16.2. The number of hydrogen-bond acceptors (Lipinski definition) is 5. The average Bonchev–Trinajstić information content (AvgIpc) is 2.49. The third-order valence-corrected chi connectivity index (χ3v) is 4.53. The molecular formula is C13H23N2O3S. The van der Waals surface area contributed by atoms with Gasteiger partial charge in [0.1, 0.15) is 0 Å². The van der Waals surface area contributed by atoms with Crippen molar-refractivity contribution in [3.63, 3.8) is 0 Å². The van der Waals surface area contributed by atoms with Crippen molar-refractivity contribution < 1.29 is 14.3 Å². The van der Waals surface area contributed by atoms with Gasteiger partial charge >= 0.3 is 0 Å². The van der Waals surface area contributed by atoms with E-state index in [9.17, 15) is 4.79 Å². The van der Waals surface area contributed by atoms with Gasteiger partial charge in [0.25, 0.3) is 0 Å². The molecule has 6 heteroatoms. The van der Waals surface area contributed by atoms with Crippen molar-refractivity contribution in [2.75, 3.05) is 64.1 Å². The predicted molar refractivity (Wildman–Crippen MR) is 76.3 cm³/mol. The molecule has 0 saturated carbocycles. The Balaban J connectivity index is 1.60. The molecule has 1 radical (unpaired) electrons. The van der Waals surface area contributed by atoms with Crippen LogP contribution in [-0.4, -0.2) is 85.9 Å². The van der Waals surface area contributed by atoms with E-state index in [0.29, 0.717) is 19.0 Å². The molecule has 19 heavy (non-hydrogen) atoms. The highest BCUT2D eigenvalue weighted by Gasteiger charge is 2.19. The Labute approximate surface area is 119 Å². The molecule has 0 aromatic carbocycles. The maximum Gasteiger partial charge on any atom is 0.232 e. The fourth-order valence-corrected chi connectivity index (χ4v) is 3.19. The first-order valence-corrected chi connectivity index (χ1v) is 8.01. The predicted octanol–water partition coefficient (Wildman–Crippen LogP) is 0.113. The second kappa shape index (κ2) is 8.09. The molecule has 109 valence electrons. The SMILES string of the molecule is [CH2]C(CSCC(=O)N1CCOCC1)N1CCOCC1. The number of ether oxygens (including phenoxy) is 2. The lowest BCUT2D eigenvalue weighted by atomic mass is 10.3. The van der Waals surface area contributed by atoms with E-state index in [2.05, 4.69) is 11.8 Å². The topological polar surface area (TPSA) is 42.0 Å². The summed E-state index contributed by atoms with van der Waals surface area (Å²) in [5.41, 5.74) is 0. The number of morpholine rings is 2. The second-order valence-corrected chi connectivity index (χ2v) is 5.84. The van der Waals surface area contributed by atoms with Crippen molar-refractivity contribution in [2.45, 2.75) is 6.04 Å².